The van der Waals surface area contributed by atoms with Crippen LogP contribution in [0.3, 0.4) is 0 Å². The van der Waals surface area contributed by atoms with Crippen molar-refractivity contribution in [2.45, 2.75) is 290 Å². The van der Waals surface area contributed by atoms with Crippen molar-refractivity contribution in [3.63, 3.8) is 0 Å². The van der Waals surface area contributed by atoms with Crippen LogP contribution in [0.15, 0.2) is 36.5 Å². The molecular weight excluding hydrogens is 769 g/mol. The van der Waals surface area contributed by atoms with E-state index in [9.17, 15) is 14.4 Å². The summed E-state index contributed by atoms with van der Waals surface area (Å²) in [7, 11) is 0. The summed E-state index contributed by atoms with van der Waals surface area (Å²) in [5.74, 6) is -0.870. The summed E-state index contributed by atoms with van der Waals surface area (Å²) in [6.45, 7) is 6.59. The van der Waals surface area contributed by atoms with Crippen LogP contribution in [0.2, 0.25) is 0 Å². The van der Waals surface area contributed by atoms with Crippen LogP contribution in [0.5, 0.6) is 0 Å². The second-order valence-electron chi connectivity index (χ2n) is 18.2. The number of allylic oxidation sites excluding steroid dienone is 6. The molecule has 62 heavy (non-hydrogen) atoms. The molecule has 1 unspecified atom stereocenters. The van der Waals surface area contributed by atoms with Crippen LogP contribution in [-0.4, -0.2) is 37.2 Å². The minimum Gasteiger partial charge on any atom is -0.462 e. The molecule has 6 nitrogen and oxygen atoms in total. The molecule has 0 aromatic heterocycles. The Labute approximate surface area is 385 Å². The van der Waals surface area contributed by atoms with Crippen molar-refractivity contribution < 1.29 is 28.6 Å². The Morgan fingerprint density at radius 3 is 0.903 bits per heavy atom. The third kappa shape index (κ3) is 48.7. The monoisotopic (exact) mass is 871 g/mol. The summed E-state index contributed by atoms with van der Waals surface area (Å²) < 4.78 is 16.7. The van der Waals surface area contributed by atoms with E-state index in [1.54, 1.807) is 0 Å². The van der Waals surface area contributed by atoms with Gasteiger partial charge in [-0.25, -0.2) is 0 Å². The van der Waals surface area contributed by atoms with Crippen molar-refractivity contribution in [3.8, 4) is 0 Å². The highest BCUT2D eigenvalue weighted by atomic mass is 16.6. The van der Waals surface area contributed by atoms with Crippen LogP contribution in [-0.2, 0) is 28.6 Å². The standard InChI is InChI=1S/C56H102O6/c1-4-7-10-13-16-18-20-21-22-23-24-25-26-27-28-29-30-31-32-33-34-35-36-38-40-43-46-49-55(58)61-52-53(51-60-54(57)48-45-42-39-15-12-9-6-3)62-56(59)50-47-44-41-37-19-17-14-11-8-5-2/h20-21,23-24,26-27,53H,4-19,22,25,28-52H2,1-3H3/b21-20-,24-23-,27-26-. The molecule has 6 heteroatoms. The minimum atomic E-state index is -0.764. The third-order valence-electron chi connectivity index (χ3n) is 11.9. The smallest absolute Gasteiger partial charge is 0.306 e. The third-order valence-corrected chi connectivity index (χ3v) is 11.9. The summed E-state index contributed by atoms with van der Waals surface area (Å²) in [5.41, 5.74) is 0. The lowest BCUT2D eigenvalue weighted by atomic mass is 10.0. The Bertz CT molecular complexity index is 1050. The number of hydrogen-bond donors (Lipinski definition) is 0. The maximum atomic E-state index is 12.7. The fourth-order valence-corrected chi connectivity index (χ4v) is 7.80. The van der Waals surface area contributed by atoms with Gasteiger partial charge in [-0.1, -0.05) is 243 Å². The summed E-state index contributed by atoms with van der Waals surface area (Å²) in [4.78, 5) is 37.7. The number of unbranched alkanes of at least 4 members (excludes halogenated alkanes) is 32. The SMILES string of the molecule is CCCCCCC/C=C\C/C=C\C/C=C\CCCCCCCCCCCCCCC(=O)OCC(COC(=O)CCCCCCCCC)OC(=O)CCCCCCCCCCCC. The van der Waals surface area contributed by atoms with E-state index in [4.69, 9.17) is 14.2 Å². The molecule has 362 valence electrons. The van der Waals surface area contributed by atoms with Gasteiger partial charge < -0.3 is 14.2 Å². The van der Waals surface area contributed by atoms with E-state index in [0.29, 0.717) is 19.3 Å². The zero-order chi connectivity index (χ0) is 45.1. The number of ether oxygens (including phenoxy) is 3. The second kappa shape index (κ2) is 51.3. The first-order chi connectivity index (χ1) is 30.5. The second-order valence-corrected chi connectivity index (χ2v) is 18.2. The average Bonchev–Trinajstić information content (AvgIpc) is 3.27. The molecule has 0 rings (SSSR count). The van der Waals surface area contributed by atoms with Crippen molar-refractivity contribution in [2.24, 2.45) is 0 Å². The molecule has 0 aliphatic heterocycles. The topological polar surface area (TPSA) is 78.9 Å². The minimum absolute atomic E-state index is 0.0692. The fraction of sp³-hybridized carbons (Fsp3) is 0.839. The van der Waals surface area contributed by atoms with E-state index in [1.165, 1.54) is 173 Å². The predicted molar refractivity (Wildman–Crippen MR) is 266 cm³/mol. The van der Waals surface area contributed by atoms with Crippen molar-refractivity contribution in [2.75, 3.05) is 13.2 Å². The zero-order valence-corrected chi connectivity index (χ0v) is 41.4. The van der Waals surface area contributed by atoms with Crippen molar-refractivity contribution >= 4 is 17.9 Å². The van der Waals surface area contributed by atoms with Crippen LogP contribution in [0, 0.1) is 0 Å². The summed E-state index contributed by atoms with van der Waals surface area (Å²) in [5, 5.41) is 0. The Morgan fingerprint density at radius 1 is 0.323 bits per heavy atom. The predicted octanol–water partition coefficient (Wildman–Crippen LogP) is 17.7. The molecule has 0 saturated carbocycles. The first-order valence-electron chi connectivity index (χ1n) is 27.0. The van der Waals surface area contributed by atoms with Gasteiger partial charge in [0, 0.05) is 19.3 Å². The number of rotatable bonds is 49. The molecule has 0 aromatic rings. The van der Waals surface area contributed by atoms with Crippen molar-refractivity contribution in [1.82, 2.24) is 0 Å². The van der Waals surface area contributed by atoms with Gasteiger partial charge in [-0.2, -0.15) is 0 Å². The van der Waals surface area contributed by atoms with Gasteiger partial charge in [0.15, 0.2) is 6.10 Å². The molecule has 0 radical (unpaired) electrons. The zero-order valence-electron chi connectivity index (χ0n) is 41.4. The molecule has 0 fully saturated rings. The van der Waals surface area contributed by atoms with E-state index < -0.39 is 6.10 Å². The highest BCUT2D eigenvalue weighted by molar-refractivity contribution is 5.71. The Kier molecular flexibility index (Phi) is 49.3. The van der Waals surface area contributed by atoms with Crippen LogP contribution in [0.25, 0.3) is 0 Å². The normalized spacial score (nSPS) is 12.2. The van der Waals surface area contributed by atoms with Gasteiger partial charge >= 0.3 is 17.9 Å². The Hall–Kier alpha value is -2.37. The lowest BCUT2D eigenvalue weighted by Crippen LogP contribution is -2.30. The molecule has 0 N–H and O–H groups in total. The van der Waals surface area contributed by atoms with Crippen LogP contribution in [0.4, 0.5) is 0 Å². The van der Waals surface area contributed by atoms with Gasteiger partial charge in [0.2, 0.25) is 0 Å². The molecule has 0 amide bonds. The van der Waals surface area contributed by atoms with Crippen molar-refractivity contribution in [3.05, 3.63) is 36.5 Å². The molecule has 0 bridgehead atoms. The molecule has 0 spiro atoms. The van der Waals surface area contributed by atoms with Gasteiger partial charge in [0.25, 0.3) is 0 Å². The Morgan fingerprint density at radius 2 is 0.581 bits per heavy atom. The molecule has 0 aliphatic carbocycles. The van der Waals surface area contributed by atoms with E-state index in [1.807, 2.05) is 0 Å². The summed E-state index contributed by atoms with van der Waals surface area (Å²) in [6.07, 6.45) is 60.2. The number of carbonyl (C=O) groups excluding carboxylic acids is 3. The van der Waals surface area contributed by atoms with E-state index >= 15 is 0 Å². The molecule has 0 saturated heterocycles. The first-order valence-corrected chi connectivity index (χ1v) is 27.0. The lowest BCUT2D eigenvalue weighted by molar-refractivity contribution is -0.167. The van der Waals surface area contributed by atoms with Gasteiger partial charge in [-0.15, -0.1) is 0 Å². The van der Waals surface area contributed by atoms with Crippen LogP contribution < -0.4 is 0 Å². The molecule has 0 aromatic carbocycles. The van der Waals surface area contributed by atoms with E-state index in [-0.39, 0.29) is 31.1 Å². The summed E-state index contributed by atoms with van der Waals surface area (Å²) in [6, 6.07) is 0. The average molecular weight is 871 g/mol. The van der Waals surface area contributed by atoms with Gasteiger partial charge in [0.1, 0.15) is 13.2 Å². The first kappa shape index (κ1) is 59.6. The van der Waals surface area contributed by atoms with Gasteiger partial charge in [0.05, 0.1) is 0 Å². The highest BCUT2D eigenvalue weighted by Gasteiger charge is 2.19. The Balaban J connectivity index is 4.04. The van der Waals surface area contributed by atoms with Crippen LogP contribution >= 0.6 is 0 Å². The van der Waals surface area contributed by atoms with E-state index in [2.05, 4.69) is 57.2 Å². The molecule has 0 heterocycles. The molecule has 1 atom stereocenters. The maximum absolute atomic E-state index is 12.7. The fourth-order valence-electron chi connectivity index (χ4n) is 7.80. The number of carbonyl (C=O) groups is 3. The quantitative estimate of drug-likeness (QED) is 0.0262. The van der Waals surface area contributed by atoms with Crippen molar-refractivity contribution in [1.29, 1.82) is 0 Å². The lowest BCUT2D eigenvalue weighted by Gasteiger charge is -2.18. The van der Waals surface area contributed by atoms with Gasteiger partial charge in [-0.3, -0.25) is 14.4 Å². The highest BCUT2D eigenvalue weighted by Crippen LogP contribution is 2.16. The molecule has 0 aliphatic rings. The maximum Gasteiger partial charge on any atom is 0.306 e. The number of esters is 3. The molecular formula is C56H102O6. The van der Waals surface area contributed by atoms with Crippen LogP contribution in [0.1, 0.15) is 284 Å². The van der Waals surface area contributed by atoms with E-state index in [0.717, 1.165) is 70.6 Å². The largest absolute Gasteiger partial charge is 0.462 e. The van der Waals surface area contributed by atoms with Gasteiger partial charge in [-0.05, 0) is 57.8 Å². The summed E-state index contributed by atoms with van der Waals surface area (Å²) >= 11 is 0. The number of hydrogen-bond acceptors (Lipinski definition) is 6.